The zero-order valence-electron chi connectivity index (χ0n) is 38.4. The van der Waals surface area contributed by atoms with Gasteiger partial charge in [0, 0.05) is 13.0 Å². The Balaban J connectivity index is 2.25. The molecule has 0 aromatic rings. The number of carbonyl (C=O) groups excluding carboxylic acids is 1. The number of rotatable bonds is 40. The molecule has 0 aliphatic carbocycles. The molecule has 9 heteroatoms. The van der Waals surface area contributed by atoms with Crippen molar-refractivity contribution in [1.82, 2.24) is 0 Å². The van der Waals surface area contributed by atoms with Crippen LogP contribution in [0.4, 0.5) is 0 Å². The molecule has 0 spiro atoms. The minimum absolute atomic E-state index is 0.127. The van der Waals surface area contributed by atoms with Crippen molar-refractivity contribution in [3.63, 3.8) is 0 Å². The van der Waals surface area contributed by atoms with Gasteiger partial charge in [-0.05, 0) is 83.5 Å². The molecule has 61 heavy (non-hydrogen) atoms. The highest BCUT2D eigenvalue weighted by molar-refractivity contribution is 5.69. The molecule has 0 aromatic heterocycles. The van der Waals surface area contributed by atoms with E-state index >= 15 is 0 Å². The van der Waals surface area contributed by atoms with Crippen molar-refractivity contribution in [2.45, 2.75) is 211 Å². The van der Waals surface area contributed by atoms with Gasteiger partial charge < -0.3 is 39.4 Å². The van der Waals surface area contributed by atoms with Crippen LogP contribution in [0.15, 0.2) is 85.1 Å². The van der Waals surface area contributed by atoms with E-state index < -0.39 is 43.4 Å². The minimum atomic E-state index is -1.55. The highest BCUT2D eigenvalue weighted by atomic mass is 16.7. The van der Waals surface area contributed by atoms with Crippen molar-refractivity contribution in [3.8, 4) is 0 Å². The maximum atomic E-state index is 12.8. The predicted molar refractivity (Wildman–Crippen MR) is 251 cm³/mol. The standard InChI is InChI=1S/C52H88O9/c1-3-5-7-9-11-13-15-17-19-20-21-22-23-24-25-26-27-29-31-33-35-37-39-41-48(54)60-46(45-59-52-51(57)50(56)49(55)47(43-53)61-52)44-58-42-40-38-36-34-32-30-28-18-16-14-12-10-8-6-4-2/h5,7,10-13,16-19,21-22,24-25,46-47,49-53,55-57H,3-4,6,8-9,14-15,20,23,26-45H2,1-2H3/b7-5-,12-10-,13-11-,18-16-,19-17-,22-21-,25-24-. The molecular formula is C52H88O9. The van der Waals surface area contributed by atoms with Crippen LogP contribution < -0.4 is 0 Å². The van der Waals surface area contributed by atoms with Crippen LogP contribution in [0.25, 0.3) is 0 Å². The molecule has 1 aliphatic heterocycles. The summed E-state index contributed by atoms with van der Waals surface area (Å²) in [5.41, 5.74) is 0. The Morgan fingerprint density at radius 2 is 1.00 bits per heavy atom. The average Bonchev–Trinajstić information content (AvgIpc) is 3.26. The molecule has 1 heterocycles. The van der Waals surface area contributed by atoms with Crippen LogP contribution in [0, 0.1) is 0 Å². The predicted octanol–water partition coefficient (Wildman–Crippen LogP) is 11.4. The number of carbonyl (C=O) groups is 1. The maximum absolute atomic E-state index is 12.8. The van der Waals surface area contributed by atoms with Crippen molar-refractivity contribution >= 4 is 5.97 Å². The topological polar surface area (TPSA) is 135 Å². The molecule has 0 saturated carbocycles. The van der Waals surface area contributed by atoms with E-state index in [1.807, 2.05) is 0 Å². The summed E-state index contributed by atoms with van der Waals surface area (Å²) in [5.74, 6) is -0.332. The van der Waals surface area contributed by atoms with Gasteiger partial charge in [-0.1, -0.05) is 170 Å². The molecule has 350 valence electrons. The fourth-order valence-corrected chi connectivity index (χ4v) is 6.77. The fourth-order valence-electron chi connectivity index (χ4n) is 6.77. The van der Waals surface area contributed by atoms with Crippen molar-refractivity contribution < 1.29 is 44.2 Å². The number of esters is 1. The number of unbranched alkanes of at least 4 members (excludes halogenated alkanes) is 15. The maximum Gasteiger partial charge on any atom is 0.306 e. The van der Waals surface area contributed by atoms with Gasteiger partial charge in [-0.2, -0.15) is 0 Å². The first kappa shape index (κ1) is 56.4. The zero-order chi connectivity index (χ0) is 44.3. The Labute approximate surface area is 371 Å². The highest BCUT2D eigenvalue weighted by Gasteiger charge is 2.44. The van der Waals surface area contributed by atoms with Crippen molar-refractivity contribution in [1.29, 1.82) is 0 Å². The molecular weight excluding hydrogens is 769 g/mol. The molecule has 4 N–H and O–H groups in total. The normalized spacial score (nSPS) is 20.7. The monoisotopic (exact) mass is 857 g/mol. The van der Waals surface area contributed by atoms with Crippen molar-refractivity contribution in [3.05, 3.63) is 85.1 Å². The Bertz CT molecular complexity index is 1200. The Kier molecular flexibility index (Phi) is 39.4. The molecule has 6 atom stereocenters. The second kappa shape index (κ2) is 42.7. The van der Waals surface area contributed by atoms with Gasteiger partial charge in [0.1, 0.15) is 30.5 Å². The molecule has 6 unspecified atom stereocenters. The van der Waals surface area contributed by atoms with Gasteiger partial charge in [0.15, 0.2) is 6.29 Å². The molecule has 0 aromatic carbocycles. The van der Waals surface area contributed by atoms with Gasteiger partial charge >= 0.3 is 5.97 Å². The SMILES string of the molecule is CC/C=C\C/C=C\C/C=C\C/C=C\C/C=C\CCCCCCCCCC(=O)OC(COCCCCCCCC/C=C\C/C=C\CCCC)COC1OC(CO)C(O)C(O)C1O. The average molecular weight is 857 g/mol. The van der Waals surface area contributed by atoms with Crippen LogP contribution in [0.3, 0.4) is 0 Å². The van der Waals surface area contributed by atoms with E-state index in [2.05, 4.69) is 98.9 Å². The Hall–Kier alpha value is -2.63. The summed E-state index contributed by atoms with van der Waals surface area (Å²) >= 11 is 0. The number of allylic oxidation sites excluding steroid dienone is 14. The molecule has 1 rings (SSSR count). The first-order valence-electron chi connectivity index (χ1n) is 24.2. The number of hydrogen-bond donors (Lipinski definition) is 4. The molecule has 0 radical (unpaired) electrons. The summed E-state index contributed by atoms with van der Waals surface area (Å²) in [6.07, 6.45) is 50.3. The van der Waals surface area contributed by atoms with Gasteiger partial charge in [0.2, 0.25) is 0 Å². The van der Waals surface area contributed by atoms with E-state index in [1.165, 1.54) is 57.8 Å². The van der Waals surface area contributed by atoms with E-state index in [4.69, 9.17) is 18.9 Å². The quantitative estimate of drug-likeness (QED) is 0.0270. The first-order valence-corrected chi connectivity index (χ1v) is 24.2. The highest BCUT2D eigenvalue weighted by Crippen LogP contribution is 2.22. The Morgan fingerprint density at radius 1 is 0.541 bits per heavy atom. The minimum Gasteiger partial charge on any atom is -0.457 e. The number of hydrogen-bond acceptors (Lipinski definition) is 9. The summed E-state index contributed by atoms with van der Waals surface area (Å²) in [7, 11) is 0. The van der Waals surface area contributed by atoms with E-state index in [9.17, 15) is 25.2 Å². The van der Waals surface area contributed by atoms with E-state index in [0.717, 1.165) is 96.3 Å². The zero-order valence-corrected chi connectivity index (χ0v) is 38.4. The van der Waals surface area contributed by atoms with Gasteiger partial charge in [-0.15, -0.1) is 0 Å². The summed E-state index contributed by atoms with van der Waals surface area (Å²) in [6, 6.07) is 0. The van der Waals surface area contributed by atoms with E-state index in [1.54, 1.807) is 0 Å². The van der Waals surface area contributed by atoms with Crippen LogP contribution in [0.5, 0.6) is 0 Å². The molecule has 0 amide bonds. The largest absolute Gasteiger partial charge is 0.457 e. The second-order valence-corrected chi connectivity index (χ2v) is 16.2. The Morgan fingerprint density at radius 3 is 1.51 bits per heavy atom. The van der Waals surface area contributed by atoms with Crippen LogP contribution >= 0.6 is 0 Å². The number of ether oxygens (including phenoxy) is 4. The summed E-state index contributed by atoms with van der Waals surface area (Å²) < 4.78 is 22.8. The molecule has 0 bridgehead atoms. The van der Waals surface area contributed by atoms with Crippen LogP contribution in [0.2, 0.25) is 0 Å². The van der Waals surface area contributed by atoms with E-state index in [0.29, 0.717) is 13.0 Å². The van der Waals surface area contributed by atoms with Crippen LogP contribution in [0.1, 0.15) is 174 Å². The van der Waals surface area contributed by atoms with Crippen LogP contribution in [-0.2, 0) is 23.7 Å². The third kappa shape index (κ3) is 33.6. The fraction of sp³-hybridized carbons (Fsp3) is 0.712. The van der Waals surface area contributed by atoms with Gasteiger partial charge in [0.05, 0.1) is 19.8 Å². The second-order valence-electron chi connectivity index (χ2n) is 16.2. The molecule has 9 nitrogen and oxygen atoms in total. The van der Waals surface area contributed by atoms with Crippen molar-refractivity contribution in [2.24, 2.45) is 0 Å². The van der Waals surface area contributed by atoms with Crippen molar-refractivity contribution in [2.75, 3.05) is 26.4 Å². The van der Waals surface area contributed by atoms with E-state index in [-0.39, 0.29) is 19.2 Å². The lowest BCUT2D eigenvalue weighted by molar-refractivity contribution is -0.305. The molecule has 1 fully saturated rings. The summed E-state index contributed by atoms with van der Waals surface area (Å²) in [4.78, 5) is 12.8. The lowest BCUT2D eigenvalue weighted by atomic mass is 9.99. The molecule has 1 saturated heterocycles. The van der Waals surface area contributed by atoms with Crippen LogP contribution in [-0.4, -0.2) is 89.6 Å². The first-order chi connectivity index (χ1) is 29.9. The third-order valence-corrected chi connectivity index (χ3v) is 10.5. The van der Waals surface area contributed by atoms with Gasteiger partial charge in [-0.3, -0.25) is 4.79 Å². The molecule has 1 aliphatic rings. The smallest absolute Gasteiger partial charge is 0.306 e. The number of aliphatic hydroxyl groups is 4. The third-order valence-electron chi connectivity index (χ3n) is 10.5. The summed E-state index contributed by atoms with van der Waals surface area (Å²) in [5, 5.41) is 40.2. The lowest BCUT2D eigenvalue weighted by Gasteiger charge is -2.39. The lowest BCUT2D eigenvalue weighted by Crippen LogP contribution is -2.59. The summed E-state index contributed by atoms with van der Waals surface area (Å²) in [6.45, 7) is 4.36. The number of aliphatic hydroxyl groups excluding tert-OH is 4. The van der Waals surface area contributed by atoms with Gasteiger partial charge in [-0.25, -0.2) is 0 Å². The van der Waals surface area contributed by atoms with Gasteiger partial charge in [0.25, 0.3) is 0 Å².